The third-order valence-electron chi connectivity index (χ3n) is 1.86. The van der Waals surface area contributed by atoms with Crippen LogP contribution in [-0.2, 0) is 19.6 Å². The average Bonchev–Trinajstić information content (AvgIpc) is 2.22. The van der Waals surface area contributed by atoms with Gasteiger partial charge in [0.05, 0.1) is 25.9 Å². The number of aliphatic hydroxyl groups is 1. The maximum absolute atomic E-state index is 11.3. The van der Waals surface area contributed by atoms with Crippen LogP contribution in [0.1, 0.15) is 19.8 Å². The van der Waals surface area contributed by atoms with Gasteiger partial charge in [0.15, 0.2) is 0 Å². The number of nitrogens with one attached hydrogen (secondary N) is 1. The Hall–Kier alpha value is -0.660. The molecule has 90 valence electrons. The lowest BCUT2D eigenvalue weighted by atomic mass is 10.3. The van der Waals surface area contributed by atoms with Gasteiger partial charge in [-0.25, -0.2) is 13.1 Å². The number of methoxy groups -OCH3 is 1. The maximum atomic E-state index is 11.3. The highest BCUT2D eigenvalue weighted by Crippen LogP contribution is 1.97. The molecule has 15 heavy (non-hydrogen) atoms. The first-order valence-electron chi connectivity index (χ1n) is 4.62. The van der Waals surface area contributed by atoms with Crippen LogP contribution >= 0.6 is 0 Å². The zero-order valence-electron chi connectivity index (χ0n) is 8.89. The first-order chi connectivity index (χ1) is 6.95. The molecule has 0 saturated heterocycles. The molecule has 0 aromatic carbocycles. The van der Waals surface area contributed by atoms with Crippen LogP contribution in [0.3, 0.4) is 0 Å². The molecule has 0 aliphatic rings. The van der Waals surface area contributed by atoms with Gasteiger partial charge in [-0.15, -0.1) is 0 Å². The fourth-order valence-corrected chi connectivity index (χ4v) is 2.18. The van der Waals surface area contributed by atoms with E-state index in [0.717, 1.165) is 0 Å². The molecule has 1 atom stereocenters. The SMILES string of the molecule is CCC(CO)NS(=O)(=O)CCC(=O)OC. The Labute approximate surface area is 89.7 Å². The smallest absolute Gasteiger partial charge is 0.306 e. The van der Waals surface area contributed by atoms with Crippen LogP contribution < -0.4 is 4.72 Å². The summed E-state index contributed by atoms with van der Waals surface area (Å²) >= 11 is 0. The normalized spacial score (nSPS) is 13.5. The highest BCUT2D eigenvalue weighted by molar-refractivity contribution is 7.89. The van der Waals surface area contributed by atoms with E-state index in [1.807, 2.05) is 0 Å². The lowest BCUT2D eigenvalue weighted by Crippen LogP contribution is -2.38. The second-order valence-electron chi connectivity index (χ2n) is 3.05. The molecule has 2 N–H and O–H groups in total. The van der Waals surface area contributed by atoms with Crippen molar-refractivity contribution in [2.75, 3.05) is 19.5 Å². The van der Waals surface area contributed by atoms with Crippen molar-refractivity contribution in [2.45, 2.75) is 25.8 Å². The Morgan fingerprint density at radius 3 is 2.53 bits per heavy atom. The van der Waals surface area contributed by atoms with Crippen LogP contribution in [0.5, 0.6) is 0 Å². The van der Waals surface area contributed by atoms with Crippen LogP contribution in [0.4, 0.5) is 0 Å². The summed E-state index contributed by atoms with van der Waals surface area (Å²) in [7, 11) is -2.32. The van der Waals surface area contributed by atoms with E-state index >= 15 is 0 Å². The van der Waals surface area contributed by atoms with Gasteiger partial charge < -0.3 is 9.84 Å². The van der Waals surface area contributed by atoms with Crippen molar-refractivity contribution in [3.63, 3.8) is 0 Å². The summed E-state index contributed by atoms with van der Waals surface area (Å²) in [5, 5.41) is 8.79. The van der Waals surface area contributed by atoms with Crippen molar-refractivity contribution in [3.05, 3.63) is 0 Å². The summed E-state index contributed by atoms with van der Waals surface area (Å²) in [6.45, 7) is 1.50. The quantitative estimate of drug-likeness (QED) is 0.570. The minimum absolute atomic E-state index is 0.187. The number of carbonyl (C=O) groups is 1. The highest BCUT2D eigenvalue weighted by atomic mass is 32.2. The highest BCUT2D eigenvalue weighted by Gasteiger charge is 2.17. The minimum Gasteiger partial charge on any atom is -0.469 e. The Morgan fingerprint density at radius 1 is 1.53 bits per heavy atom. The van der Waals surface area contributed by atoms with E-state index in [-0.39, 0.29) is 18.8 Å². The number of carbonyl (C=O) groups excluding carboxylic acids is 1. The van der Waals surface area contributed by atoms with Gasteiger partial charge in [0, 0.05) is 6.04 Å². The molecule has 1 unspecified atom stereocenters. The summed E-state index contributed by atoms with van der Waals surface area (Å²) in [4.78, 5) is 10.7. The van der Waals surface area contributed by atoms with Gasteiger partial charge in [0.1, 0.15) is 0 Å². The van der Waals surface area contributed by atoms with E-state index in [2.05, 4.69) is 9.46 Å². The van der Waals surface area contributed by atoms with Crippen molar-refractivity contribution in [3.8, 4) is 0 Å². The lowest BCUT2D eigenvalue weighted by Gasteiger charge is -2.13. The molecule has 0 bridgehead atoms. The average molecular weight is 239 g/mol. The van der Waals surface area contributed by atoms with Crippen molar-refractivity contribution >= 4 is 16.0 Å². The van der Waals surface area contributed by atoms with E-state index in [9.17, 15) is 13.2 Å². The minimum atomic E-state index is -3.52. The van der Waals surface area contributed by atoms with Crippen molar-refractivity contribution < 1.29 is 23.1 Å². The molecule has 0 aliphatic carbocycles. The van der Waals surface area contributed by atoms with Gasteiger partial charge in [0.2, 0.25) is 10.0 Å². The number of hydrogen-bond acceptors (Lipinski definition) is 5. The summed E-state index contributed by atoms with van der Waals surface area (Å²) in [6, 6.07) is -0.493. The molecule has 0 aromatic heterocycles. The van der Waals surface area contributed by atoms with Crippen LogP contribution in [0, 0.1) is 0 Å². The Kier molecular flexibility index (Phi) is 6.46. The first-order valence-corrected chi connectivity index (χ1v) is 6.28. The van der Waals surface area contributed by atoms with Crippen LogP contribution in [-0.4, -0.2) is 45.0 Å². The number of aliphatic hydroxyl groups excluding tert-OH is 1. The second-order valence-corrected chi connectivity index (χ2v) is 4.92. The molecule has 0 saturated carbocycles. The molecule has 0 fully saturated rings. The Bertz CT molecular complexity index is 283. The monoisotopic (exact) mass is 239 g/mol. The van der Waals surface area contributed by atoms with Crippen LogP contribution in [0.25, 0.3) is 0 Å². The van der Waals surface area contributed by atoms with E-state index in [1.54, 1.807) is 6.92 Å². The predicted octanol–water partition coefficient (Wildman–Crippen LogP) is -0.760. The number of esters is 1. The van der Waals surface area contributed by atoms with Crippen LogP contribution in [0.2, 0.25) is 0 Å². The van der Waals surface area contributed by atoms with Crippen LogP contribution in [0.15, 0.2) is 0 Å². The van der Waals surface area contributed by atoms with Gasteiger partial charge in [-0.2, -0.15) is 0 Å². The molecular weight excluding hydrogens is 222 g/mol. The Morgan fingerprint density at radius 2 is 2.13 bits per heavy atom. The first kappa shape index (κ1) is 14.3. The molecule has 0 aromatic rings. The lowest BCUT2D eigenvalue weighted by molar-refractivity contribution is -0.140. The molecule has 6 nitrogen and oxygen atoms in total. The topological polar surface area (TPSA) is 92.7 Å². The number of ether oxygens (including phenoxy) is 1. The molecule has 0 rings (SSSR count). The van der Waals surface area contributed by atoms with Gasteiger partial charge >= 0.3 is 5.97 Å². The van der Waals surface area contributed by atoms with E-state index in [4.69, 9.17) is 5.11 Å². The molecule has 0 radical (unpaired) electrons. The van der Waals surface area contributed by atoms with Gasteiger partial charge in [-0.3, -0.25) is 4.79 Å². The van der Waals surface area contributed by atoms with Gasteiger partial charge in [0.25, 0.3) is 0 Å². The second kappa shape index (κ2) is 6.76. The standard InChI is InChI=1S/C8H17NO5S/c1-3-7(6-10)9-15(12,13)5-4-8(11)14-2/h7,9-10H,3-6H2,1-2H3. The summed E-state index contributed by atoms with van der Waals surface area (Å²) < 4.78 is 29.3. The fraction of sp³-hybridized carbons (Fsp3) is 0.875. The molecule has 0 aliphatic heterocycles. The van der Waals surface area contributed by atoms with Crippen molar-refractivity contribution in [1.29, 1.82) is 0 Å². The Balaban J connectivity index is 4.13. The zero-order valence-corrected chi connectivity index (χ0v) is 9.71. The maximum Gasteiger partial charge on any atom is 0.306 e. The predicted molar refractivity (Wildman–Crippen MR) is 54.7 cm³/mol. The fourth-order valence-electron chi connectivity index (χ4n) is 0.882. The molecule has 0 amide bonds. The summed E-state index contributed by atoms with van der Waals surface area (Å²) in [6.07, 6.45) is 0.307. The number of sulfonamides is 1. The molecule has 0 heterocycles. The number of rotatable bonds is 7. The summed E-state index contributed by atoms with van der Waals surface area (Å²) in [5.41, 5.74) is 0. The largest absolute Gasteiger partial charge is 0.469 e. The van der Waals surface area contributed by atoms with E-state index in [0.29, 0.717) is 6.42 Å². The van der Waals surface area contributed by atoms with Crippen molar-refractivity contribution in [2.24, 2.45) is 0 Å². The molecular formula is C8H17NO5S. The zero-order chi connectivity index (χ0) is 11.9. The molecule has 7 heteroatoms. The van der Waals surface area contributed by atoms with Gasteiger partial charge in [-0.05, 0) is 6.42 Å². The molecule has 0 spiro atoms. The van der Waals surface area contributed by atoms with Gasteiger partial charge in [-0.1, -0.05) is 6.92 Å². The third-order valence-corrected chi connectivity index (χ3v) is 3.30. The van der Waals surface area contributed by atoms with E-state index in [1.165, 1.54) is 7.11 Å². The van der Waals surface area contributed by atoms with Crippen molar-refractivity contribution in [1.82, 2.24) is 4.72 Å². The number of hydrogen-bond donors (Lipinski definition) is 2. The summed E-state index contributed by atoms with van der Waals surface area (Å²) in [5.74, 6) is -0.895. The third kappa shape index (κ3) is 6.43. The van der Waals surface area contributed by atoms with E-state index < -0.39 is 22.0 Å².